The first-order valence-corrected chi connectivity index (χ1v) is 15.9. The van der Waals surface area contributed by atoms with Gasteiger partial charge in [0.2, 0.25) is 0 Å². The van der Waals surface area contributed by atoms with Gasteiger partial charge in [-0.05, 0) is 0 Å². The van der Waals surface area contributed by atoms with Crippen molar-refractivity contribution < 1.29 is 235 Å². The van der Waals surface area contributed by atoms with Gasteiger partial charge >= 0.3 is 133 Å². The van der Waals surface area contributed by atoms with Crippen LogP contribution in [0.25, 0.3) is 0 Å². The molecule has 0 saturated carbocycles. The van der Waals surface area contributed by atoms with Crippen LogP contribution < -0.4 is 0 Å². The minimum Gasteiger partial charge on any atom is -0.312 e. The first-order chi connectivity index (χ1) is 32.4. The van der Waals surface area contributed by atoms with E-state index >= 15 is 0 Å². The lowest BCUT2D eigenvalue weighted by atomic mass is 9.99. The lowest BCUT2D eigenvalue weighted by molar-refractivity contribution is -0.601. The molecule has 0 spiro atoms. The highest BCUT2D eigenvalue weighted by Gasteiger charge is 2.92. The van der Waals surface area contributed by atoms with Crippen molar-refractivity contribution in [2.24, 2.45) is 0 Å². The monoisotopic (exact) mass is 1280 g/mol. The highest BCUT2D eigenvalue weighted by atomic mass is 19.5. The Balaban J connectivity index is 8.05. The van der Waals surface area contributed by atoms with Crippen LogP contribution in [0.15, 0.2) is 0 Å². The molecule has 0 fully saturated rings. The predicted molar refractivity (Wildman–Crippen MR) is 127 cm³/mol. The second kappa shape index (κ2) is 19.3. The Hall–Kier alpha value is -3.53. The van der Waals surface area contributed by atoms with Crippen molar-refractivity contribution in [2.45, 2.75) is 139 Å². The fraction of sp³-hybridized carbons (Fsp3) is 1.00. The summed E-state index contributed by atoms with van der Waals surface area (Å²) in [6.07, 6.45) is -125. The Labute approximate surface area is 382 Å². The molecule has 0 aromatic carbocycles. The molecule has 53 heteroatoms. The first-order valence-electron chi connectivity index (χ1n) is 15.9. The topological polar surface area (TPSA) is 55.4 Å². The van der Waals surface area contributed by atoms with Crippen LogP contribution in [0.5, 0.6) is 0 Å². The molecule has 0 aliphatic rings. The molecule has 0 amide bonds. The molecule has 0 rings (SSSR count). The molecule has 0 radical (unpaired) electrons. The molecular weight excluding hydrogens is 1280 g/mol. The van der Waals surface area contributed by atoms with Gasteiger partial charge in [0.25, 0.3) is 6.17 Å². The van der Waals surface area contributed by atoms with E-state index in [2.05, 4.69) is 0 Å². The van der Waals surface area contributed by atoms with Crippen LogP contribution >= 0.6 is 0 Å². The quantitative estimate of drug-likeness (QED) is 0.101. The summed E-state index contributed by atoms with van der Waals surface area (Å²) in [7, 11) is 0. The maximum atomic E-state index is 14.8. The van der Waals surface area contributed by atoms with Gasteiger partial charge in [0.05, 0.1) is 0 Å². The largest absolute Gasteiger partial charge is 0.462 e. The highest BCUT2D eigenvalue weighted by Crippen LogP contribution is 2.63. The second-order valence-corrected chi connectivity index (χ2v) is 13.2. The zero-order chi connectivity index (χ0) is 63.5. The van der Waals surface area contributed by atoms with Gasteiger partial charge in [-0.25, -0.2) is 4.39 Å². The van der Waals surface area contributed by atoms with Gasteiger partial charge in [-0.1, -0.05) is 0 Å². The fourth-order valence-corrected chi connectivity index (χ4v) is 3.72. The zero-order valence-corrected chi connectivity index (χ0v) is 32.5. The Morgan fingerprint density at radius 1 is 0.234 bits per heavy atom. The van der Waals surface area contributed by atoms with E-state index in [1.807, 2.05) is 0 Å². The van der Waals surface area contributed by atoms with Crippen LogP contribution in [0.4, 0.5) is 206 Å². The summed E-state index contributed by atoms with van der Waals surface area (Å²) < 4.78 is 640. The van der Waals surface area contributed by atoms with Crippen LogP contribution in [0.1, 0.15) is 0 Å². The summed E-state index contributed by atoms with van der Waals surface area (Å²) in [5, 5.41) is 0. The van der Waals surface area contributed by atoms with Gasteiger partial charge in [0.1, 0.15) is 6.61 Å². The van der Waals surface area contributed by atoms with Gasteiger partial charge in [0.15, 0.2) is 0 Å². The van der Waals surface area contributed by atoms with E-state index in [-0.39, 0.29) is 0 Å². The molecule has 464 valence electrons. The van der Waals surface area contributed by atoms with Gasteiger partial charge in [-0.2, -0.15) is 202 Å². The van der Waals surface area contributed by atoms with E-state index in [0.717, 1.165) is 4.74 Å². The third-order valence-electron chi connectivity index (χ3n) is 7.70. The third kappa shape index (κ3) is 12.2. The summed E-state index contributed by atoms with van der Waals surface area (Å²) in [5.74, 6) is -81.8. The van der Waals surface area contributed by atoms with Crippen molar-refractivity contribution in [1.29, 1.82) is 0 Å². The van der Waals surface area contributed by atoms with E-state index in [1.165, 1.54) is 0 Å². The Morgan fingerprint density at radius 3 is 0.662 bits per heavy atom. The van der Waals surface area contributed by atoms with Crippen molar-refractivity contribution in [3.63, 3.8) is 0 Å². The molecule has 0 bridgehead atoms. The van der Waals surface area contributed by atoms with Crippen LogP contribution in [-0.2, 0) is 28.4 Å². The maximum Gasteiger partial charge on any atom is 0.462 e. The number of rotatable bonds is 22. The van der Waals surface area contributed by atoms with Crippen molar-refractivity contribution in [3.8, 4) is 0 Å². The lowest BCUT2D eigenvalue weighted by Gasteiger charge is -2.44. The van der Waals surface area contributed by atoms with Crippen molar-refractivity contribution in [3.05, 3.63) is 0 Å². The molecule has 0 aromatic heterocycles. The molecule has 0 N–H and O–H groups in total. The van der Waals surface area contributed by atoms with E-state index in [0.29, 0.717) is 18.9 Å². The highest BCUT2D eigenvalue weighted by molar-refractivity contribution is 5.06. The lowest BCUT2D eigenvalue weighted by Crippen LogP contribution is -2.73. The maximum absolute atomic E-state index is 14.8. The Morgan fingerprint density at radius 2 is 0.455 bits per heavy atom. The van der Waals surface area contributed by atoms with Crippen molar-refractivity contribution in [2.75, 3.05) is 6.61 Å². The molecule has 77 heavy (non-hydrogen) atoms. The average molecular weight is 1280 g/mol. The number of hydrogen-bond donors (Lipinski definition) is 0. The molecule has 0 aromatic rings. The summed E-state index contributed by atoms with van der Waals surface area (Å²) in [6.45, 7) is -5.35. The van der Waals surface area contributed by atoms with Crippen molar-refractivity contribution >= 4 is 0 Å². The summed E-state index contributed by atoms with van der Waals surface area (Å²) in [4.78, 5) is 0. The summed E-state index contributed by atoms with van der Waals surface area (Å²) >= 11 is 0. The summed E-state index contributed by atoms with van der Waals surface area (Å²) in [6, 6.07) is 0. The van der Waals surface area contributed by atoms with E-state index in [1.54, 1.807) is 4.74 Å². The van der Waals surface area contributed by atoms with Gasteiger partial charge in [0, 0.05) is 0 Å². The third-order valence-corrected chi connectivity index (χ3v) is 7.70. The van der Waals surface area contributed by atoms with Crippen LogP contribution in [-0.4, -0.2) is 146 Å². The SMILES string of the molecule is FC(C(F)(F)OCC(F)(OC(F)(F)C(F)(OC(F)(F)C(F)(OC(F)(F)C(F)(OC(F)(F)C(F)(OC(F)(F)C(F)(F)C(F)(F)F)C(F)(F)F)C(F)(F)F)C(F)(F)F)C(F)(F)F)C(F)(F)F)C(F)(F)C(F)(F)C(F)(F)C(F)(F)F. The molecule has 0 heterocycles. The van der Waals surface area contributed by atoms with E-state index in [9.17, 15) is 206 Å². The second-order valence-electron chi connectivity index (χ2n) is 13.2. The molecule has 0 saturated heterocycles. The van der Waals surface area contributed by atoms with Gasteiger partial charge in [-0.15, -0.1) is 0 Å². The molecule has 0 aliphatic carbocycles. The van der Waals surface area contributed by atoms with E-state index in [4.69, 9.17) is 0 Å². The first kappa shape index (κ1) is 73.5. The van der Waals surface area contributed by atoms with Crippen LogP contribution in [0.3, 0.4) is 0 Å². The van der Waals surface area contributed by atoms with Crippen LogP contribution in [0, 0.1) is 0 Å². The molecule has 6 nitrogen and oxygen atoms in total. The smallest absolute Gasteiger partial charge is 0.312 e. The molecule has 0 aliphatic heterocycles. The number of ether oxygens (including phenoxy) is 6. The van der Waals surface area contributed by atoms with Gasteiger partial charge in [-0.3, -0.25) is 23.7 Å². The van der Waals surface area contributed by atoms with E-state index < -0.39 is 146 Å². The standard InChI is InChI=1S/C24H3F47O6/c25-2(4(27,28)6(31,32)7(33,34)14(44,45)46)5(29,30)72-1-3(26,13(41,42)43)73-21(64,65)9(37,16(50,51)52)75-23(68,69)11(39,18(56,57)58)77-24(70,71)12(40,19(59,60)61)76-22(66,67)10(38,17(53,54)55)74-20(62,63)8(35,36)15(47,48)49/h2H,1H2. The van der Waals surface area contributed by atoms with Gasteiger partial charge < -0.3 is 4.74 Å². The molecule has 6 atom stereocenters. The molecule has 6 unspecified atom stereocenters. The fourth-order valence-electron chi connectivity index (χ4n) is 3.72. The Kier molecular flexibility index (Phi) is 18.4. The summed E-state index contributed by atoms with van der Waals surface area (Å²) in [5.41, 5.74) is 0. The minimum atomic E-state index is -9.92. The van der Waals surface area contributed by atoms with Crippen LogP contribution in [0.2, 0.25) is 0 Å². The Bertz CT molecular complexity index is 2020. The van der Waals surface area contributed by atoms with Crippen molar-refractivity contribution in [1.82, 2.24) is 0 Å². The minimum absolute atomic E-state index is 0.555. The zero-order valence-electron chi connectivity index (χ0n) is 32.5. The normalized spacial score (nSPS) is 20.5. The number of alkyl halides is 47. The number of halogens is 47. The average Bonchev–Trinajstić information content (AvgIpc) is 3.12. The molecular formula is C24H3F47O6. The predicted octanol–water partition coefficient (Wildman–Crippen LogP) is 14.8. The number of hydrogen-bond acceptors (Lipinski definition) is 6.